The lowest BCUT2D eigenvalue weighted by atomic mass is 9.66. The number of hydrogen-bond acceptors (Lipinski definition) is 0. The van der Waals surface area contributed by atoms with E-state index in [1.54, 1.807) is 32.1 Å². The standard InChI is InChI=1S/C15H28/c1-3-12(2)10-13-8-9-14-6-4-5-7-15(14)11-13/h12-15H,3-11H2,1-2H3. The maximum absolute atomic E-state index is 2.44. The summed E-state index contributed by atoms with van der Waals surface area (Å²) in [5.74, 6) is 4.31. The molecule has 0 heterocycles. The summed E-state index contributed by atoms with van der Waals surface area (Å²) in [4.78, 5) is 0. The van der Waals surface area contributed by atoms with E-state index in [4.69, 9.17) is 0 Å². The molecule has 0 radical (unpaired) electrons. The lowest BCUT2D eigenvalue weighted by Gasteiger charge is -2.40. The predicted octanol–water partition coefficient (Wildman–Crippen LogP) is 5.03. The summed E-state index contributed by atoms with van der Waals surface area (Å²) >= 11 is 0. The summed E-state index contributed by atoms with van der Waals surface area (Å²) in [5, 5.41) is 0. The first kappa shape index (κ1) is 11.5. The van der Waals surface area contributed by atoms with Crippen LogP contribution in [0.25, 0.3) is 0 Å². The molecule has 0 aromatic heterocycles. The van der Waals surface area contributed by atoms with Crippen molar-refractivity contribution in [2.45, 2.75) is 71.6 Å². The Morgan fingerprint density at radius 3 is 2.47 bits per heavy atom. The zero-order valence-corrected chi connectivity index (χ0v) is 10.7. The molecule has 2 aliphatic carbocycles. The molecule has 0 heteroatoms. The number of hydrogen-bond donors (Lipinski definition) is 0. The third kappa shape index (κ3) is 2.98. The van der Waals surface area contributed by atoms with Crippen molar-refractivity contribution in [2.75, 3.05) is 0 Å². The lowest BCUT2D eigenvalue weighted by molar-refractivity contribution is 0.117. The third-order valence-electron chi connectivity index (χ3n) is 5.08. The topological polar surface area (TPSA) is 0 Å². The number of rotatable bonds is 3. The summed E-state index contributed by atoms with van der Waals surface area (Å²) in [7, 11) is 0. The zero-order chi connectivity index (χ0) is 10.7. The Labute approximate surface area is 95.8 Å². The fourth-order valence-corrected chi connectivity index (χ4v) is 3.92. The minimum absolute atomic E-state index is 0.968. The van der Waals surface area contributed by atoms with Crippen LogP contribution in [0.15, 0.2) is 0 Å². The Hall–Kier alpha value is 0. The Balaban J connectivity index is 1.80. The molecule has 0 aliphatic heterocycles. The highest BCUT2D eigenvalue weighted by molar-refractivity contribution is 4.83. The molecule has 0 bridgehead atoms. The van der Waals surface area contributed by atoms with E-state index in [9.17, 15) is 0 Å². The average molecular weight is 208 g/mol. The van der Waals surface area contributed by atoms with Gasteiger partial charge in [-0.2, -0.15) is 0 Å². The third-order valence-corrected chi connectivity index (χ3v) is 5.08. The molecule has 15 heavy (non-hydrogen) atoms. The zero-order valence-electron chi connectivity index (χ0n) is 10.7. The summed E-state index contributed by atoms with van der Waals surface area (Å²) in [6.45, 7) is 4.78. The summed E-state index contributed by atoms with van der Waals surface area (Å²) < 4.78 is 0. The highest BCUT2D eigenvalue weighted by atomic mass is 14.4. The molecule has 0 amide bonds. The van der Waals surface area contributed by atoms with Crippen LogP contribution in [0.3, 0.4) is 0 Å². The fraction of sp³-hybridized carbons (Fsp3) is 1.00. The van der Waals surface area contributed by atoms with Crippen LogP contribution in [-0.2, 0) is 0 Å². The largest absolute Gasteiger partial charge is 0.0651 e. The van der Waals surface area contributed by atoms with Gasteiger partial charge in [0.2, 0.25) is 0 Å². The molecule has 4 atom stereocenters. The van der Waals surface area contributed by atoms with E-state index in [0.717, 1.165) is 23.7 Å². The molecule has 2 aliphatic rings. The van der Waals surface area contributed by atoms with Gasteiger partial charge in [-0.15, -0.1) is 0 Å². The van der Waals surface area contributed by atoms with Crippen molar-refractivity contribution in [1.82, 2.24) is 0 Å². The van der Waals surface area contributed by atoms with Gasteiger partial charge in [0.25, 0.3) is 0 Å². The van der Waals surface area contributed by atoms with Crippen molar-refractivity contribution in [1.29, 1.82) is 0 Å². The van der Waals surface area contributed by atoms with Crippen LogP contribution < -0.4 is 0 Å². The van der Waals surface area contributed by atoms with Crippen molar-refractivity contribution >= 4 is 0 Å². The second-order valence-corrected chi connectivity index (χ2v) is 6.23. The smallest absolute Gasteiger partial charge is 0.0383 e. The van der Waals surface area contributed by atoms with Crippen molar-refractivity contribution in [3.8, 4) is 0 Å². The normalized spacial score (nSPS) is 38.4. The van der Waals surface area contributed by atoms with Gasteiger partial charge in [0.05, 0.1) is 0 Å². The molecule has 2 saturated carbocycles. The summed E-state index contributed by atoms with van der Waals surface area (Å²) in [6, 6.07) is 0. The van der Waals surface area contributed by atoms with Crippen LogP contribution in [-0.4, -0.2) is 0 Å². The predicted molar refractivity (Wildman–Crippen MR) is 66.9 cm³/mol. The Morgan fingerprint density at radius 1 is 1.00 bits per heavy atom. The van der Waals surface area contributed by atoms with Gasteiger partial charge in [-0.25, -0.2) is 0 Å². The van der Waals surface area contributed by atoms with Gasteiger partial charge < -0.3 is 0 Å². The first-order chi connectivity index (χ1) is 7.29. The maximum Gasteiger partial charge on any atom is -0.0383 e. The Morgan fingerprint density at radius 2 is 1.73 bits per heavy atom. The van der Waals surface area contributed by atoms with E-state index in [1.165, 1.54) is 25.7 Å². The molecule has 2 rings (SSSR count). The molecule has 0 aromatic carbocycles. The average Bonchev–Trinajstić information content (AvgIpc) is 2.29. The second kappa shape index (κ2) is 5.37. The highest BCUT2D eigenvalue weighted by Crippen LogP contribution is 2.44. The molecule has 4 unspecified atom stereocenters. The minimum Gasteiger partial charge on any atom is -0.0651 e. The van der Waals surface area contributed by atoms with Crippen molar-refractivity contribution in [3.05, 3.63) is 0 Å². The summed E-state index contributed by atoms with van der Waals surface area (Å²) in [6.07, 6.45) is 13.7. The monoisotopic (exact) mass is 208 g/mol. The van der Waals surface area contributed by atoms with Crippen LogP contribution in [0.1, 0.15) is 71.6 Å². The quantitative estimate of drug-likeness (QED) is 0.610. The molecule has 0 N–H and O–H groups in total. The Kier molecular flexibility index (Phi) is 4.11. The second-order valence-electron chi connectivity index (χ2n) is 6.23. The Bertz CT molecular complexity index is 184. The molecular weight excluding hydrogens is 180 g/mol. The van der Waals surface area contributed by atoms with Crippen LogP contribution in [0, 0.1) is 23.7 Å². The van der Waals surface area contributed by atoms with Gasteiger partial charge in [-0.3, -0.25) is 0 Å². The van der Waals surface area contributed by atoms with Gasteiger partial charge in [-0.1, -0.05) is 52.4 Å². The molecule has 88 valence electrons. The molecule has 0 spiro atoms. The fourth-order valence-electron chi connectivity index (χ4n) is 3.92. The van der Waals surface area contributed by atoms with Crippen LogP contribution >= 0.6 is 0 Å². The van der Waals surface area contributed by atoms with Crippen LogP contribution in [0.5, 0.6) is 0 Å². The van der Waals surface area contributed by atoms with Gasteiger partial charge in [-0.05, 0) is 42.9 Å². The summed E-state index contributed by atoms with van der Waals surface area (Å²) in [5.41, 5.74) is 0. The van der Waals surface area contributed by atoms with Gasteiger partial charge in [0.15, 0.2) is 0 Å². The molecular formula is C15H28. The van der Waals surface area contributed by atoms with E-state index in [1.807, 2.05) is 0 Å². The van der Waals surface area contributed by atoms with E-state index >= 15 is 0 Å². The first-order valence-electron chi connectivity index (χ1n) is 7.29. The van der Waals surface area contributed by atoms with Crippen LogP contribution in [0.2, 0.25) is 0 Å². The van der Waals surface area contributed by atoms with Crippen LogP contribution in [0.4, 0.5) is 0 Å². The van der Waals surface area contributed by atoms with Gasteiger partial charge in [0.1, 0.15) is 0 Å². The van der Waals surface area contributed by atoms with E-state index < -0.39 is 0 Å². The molecule has 2 fully saturated rings. The maximum atomic E-state index is 2.44. The molecule has 0 aromatic rings. The number of fused-ring (bicyclic) bond motifs is 1. The molecule has 0 saturated heterocycles. The van der Waals surface area contributed by atoms with E-state index in [0.29, 0.717) is 0 Å². The van der Waals surface area contributed by atoms with Crippen molar-refractivity contribution in [2.24, 2.45) is 23.7 Å². The molecule has 0 nitrogen and oxygen atoms in total. The van der Waals surface area contributed by atoms with E-state index in [-0.39, 0.29) is 0 Å². The van der Waals surface area contributed by atoms with Crippen molar-refractivity contribution < 1.29 is 0 Å². The lowest BCUT2D eigenvalue weighted by Crippen LogP contribution is -2.28. The van der Waals surface area contributed by atoms with Gasteiger partial charge in [0, 0.05) is 0 Å². The minimum atomic E-state index is 0.968. The SMILES string of the molecule is CCC(C)CC1CCC2CCCCC2C1. The first-order valence-corrected chi connectivity index (χ1v) is 7.29. The van der Waals surface area contributed by atoms with Crippen molar-refractivity contribution in [3.63, 3.8) is 0 Å². The highest BCUT2D eigenvalue weighted by Gasteiger charge is 2.32. The van der Waals surface area contributed by atoms with Gasteiger partial charge >= 0.3 is 0 Å². The van der Waals surface area contributed by atoms with E-state index in [2.05, 4.69) is 13.8 Å².